The number of hydrogen-bond donors (Lipinski definition) is 0. The van der Waals surface area contributed by atoms with Crippen LogP contribution >= 0.6 is 15.9 Å². The Bertz CT molecular complexity index is 626. The van der Waals surface area contributed by atoms with E-state index in [2.05, 4.69) is 34.1 Å². The standard InChI is InChI=1S/C14H9BrO/c15-11-6-7-14-12(8-11)13(9-16-14)10-4-2-1-3-5-10/h1-9H. The first kappa shape index (κ1) is 9.67. The van der Waals surface area contributed by atoms with Gasteiger partial charge in [-0.3, -0.25) is 0 Å². The molecule has 0 amide bonds. The van der Waals surface area contributed by atoms with Crippen LogP contribution in [-0.2, 0) is 0 Å². The van der Waals surface area contributed by atoms with E-state index in [9.17, 15) is 0 Å². The molecule has 16 heavy (non-hydrogen) atoms. The quantitative estimate of drug-likeness (QED) is 0.617. The van der Waals surface area contributed by atoms with E-state index < -0.39 is 0 Å². The second kappa shape index (κ2) is 3.80. The van der Waals surface area contributed by atoms with Gasteiger partial charge in [-0.1, -0.05) is 46.3 Å². The minimum atomic E-state index is 0.919. The third-order valence-corrected chi connectivity index (χ3v) is 3.11. The molecule has 3 aromatic rings. The van der Waals surface area contributed by atoms with Crippen LogP contribution in [0.1, 0.15) is 0 Å². The lowest BCUT2D eigenvalue weighted by molar-refractivity contribution is 0.617. The molecular formula is C14H9BrO. The number of hydrogen-bond acceptors (Lipinski definition) is 1. The topological polar surface area (TPSA) is 13.1 Å². The molecule has 0 spiro atoms. The Hall–Kier alpha value is -1.54. The fraction of sp³-hybridized carbons (Fsp3) is 0. The first-order chi connectivity index (χ1) is 7.84. The maximum Gasteiger partial charge on any atom is 0.134 e. The molecule has 0 radical (unpaired) electrons. The second-order valence-electron chi connectivity index (χ2n) is 3.66. The van der Waals surface area contributed by atoms with Gasteiger partial charge in [0.05, 0.1) is 6.26 Å². The van der Waals surface area contributed by atoms with Crippen molar-refractivity contribution in [1.82, 2.24) is 0 Å². The van der Waals surface area contributed by atoms with Crippen molar-refractivity contribution in [3.05, 3.63) is 59.3 Å². The number of fused-ring (bicyclic) bond motifs is 1. The van der Waals surface area contributed by atoms with Gasteiger partial charge < -0.3 is 4.42 Å². The molecule has 1 aromatic heterocycles. The van der Waals surface area contributed by atoms with Crippen molar-refractivity contribution in [3.63, 3.8) is 0 Å². The molecular weight excluding hydrogens is 264 g/mol. The highest BCUT2D eigenvalue weighted by Crippen LogP contribution is 2.32. The van der Waals surface area contributed by atoms with Crippen molar-refractivity contribution in [2.24, 2.45) is 0 Å². The molecule has 0 unspecified atom stereocenters. The van der Waals surface area contributed by atoms with Crippen molar-refractivity contribution in [3.8, 4) is 11.1 Å². The Morgan fingerprint density at radius 2 is 1.75 bits per heavy atom. The average Bonchev–Trinajstić information content (AvgIpc) is 2.73. The zero-order valence-electron chi connectivity index (χ0n) is 8.48. The first-order valence-corrected chi connectivity index (χ1v) is 5.86. The number of halogens is 1. The average molecular weight is 273 g/mol. The molecule has 78 valence electrons. The fourth-order valence-corrected chi connectivity index (χ4v) is 2.20. The van der Waals surface area contributed by atoms with Crippen molar-refractivity contribution in [2.75, 3.05) is 0 Å². The van der Waals surface area contributed by atoms with Gasteiger partial charge in [-0.15, -0.1) is 0 Å². The molecule has 1 nitrogen and oxygen atoms in total. The second-order valence-corrected chi connectivity index (χ2v) is 4.57. The van der Waals surface area contributed by atoms with Crippen LogP contribution < -0.4 is 0 Å². The van der Waals surface area contributed by atoms with Gasteiger partial charge in [-0.25, -0.2) is 0 Å². The minimum absolute atomic E-state index is 0.919. The first-order valence-electron chi connectivity index (χ1n) is 5.07. The van der Waals surface area contributed by atoms with Gasteiger partial charge in [0.25, 0.3) is 0 Å². The Labute approximate surface area is 102 Å². The molecule has 0 aliphatic carbocycles. The van der Waals surface area contributed by atoms with Crippen molar-refractivity contribution in [2.45, 2.75) is 0 Å². The molecule has 0 aliphatic heterocycles. The molecule has 0 atom stereocenters. The van der Waals surface area contributed by atoms with Crippen molar-refractivity contribution in [1.29, 1.82) is 0 Å². The summed E-state index contributed by atoms with van der Waals surface area (Å²) in [5.74, 6) is 0. The largest absolute Gasteiger partial charge is 0.464 e. The lowest BCUT2D eigenvalue weighted by Gasteiger charge is -1.97. The third kappa shape index (κ3) is 1.55. The zero-order valence-corrected chi connectivity index (χ0v) is 10.1. The molecule has 0 saturated carbocycles. The highest BCUT2D eigenvalue weighted by Gasteiger charge is 2.07. The van der Waals surface area contributed by atoms with Gasteiger partial charge in [0.2, 0.25) is 0 Å². The predicted octanol–water partition coefficient (Wildman–Crippen LogP) is 4.86. The summed E-state index contributed by atoms with van der Waals surface area (Å²) in [6, 6.07) is 16.3. The highest BCUT2D eigenvalue weighted by atomic mass is 79.9. The highest BCUT2D eigenvalue weighted by molar-refractivity contribution is 9.10. The van der Waals surface area contributed by atoms with Crippen LogP contribution in [0.25, 0.3) is 22.1 Å². The minimum Gasteiger partial charge on any atom is -0.464 e. The van der Waals surface area contributed by atoms with E-state index in [1.165, 1.54) is 5.56 Å². The SMILES string of the molecule is Brc1ccc2occ(-c3ccccc3)c2c1. The number of benzene rings is 2. The lowest BCUT2D eigenvalue weighted by atomic mass is 10.1. The molecule has 0 aliphatic rings. The molecule has 1 heterocycles. The maximum absolute atomic E-state index is 5.54. The zero-order chi connectivity index (χ0) is 11.0. The van der Waals surface area contributed by atoms with E-state index >= 15 is 0 Å². The summed E-state index contributed by atoms with van der Waals surface area (Å²) in [6.07, 6.45) is 1.81. The molecule has 0 saturated heterocycles. The van der Waals surface area contributed by atoms with Crippen LogP contribution in [0, 0.1) is 0 Å². The van der Waals surface area contributed by atoms with Gasteiger partial charge in [-0.05, 0) is 23.8 Å². The number of rotatable bonds is 1. The normalized spacial score (nSPS) is 10.8. The number of furan rings is 1. The Kier molecular flexibility index (Phi) is 2.29. The predicted molar refractivity (Wildman–Crippen MR) is 69.4 cm³/mol. The van der Waals surface area contributed by atoms with Gasteiger partial charge in [0, 0.05) is 15.4 Å². The van der Waals surface area contributed by atoms with Crippen LogP contribution in [0.15, 0.2) is 63.7 Å². The summed E-state index contributed by atoms with van der Waals surface area (Å²) in [6.45, 7) is 0. The molecule has 0 bridgehead atoms. The summed E-state index contributed by atoms with van der Waals surface area (Å²) in [4.78, 5) is 0. The van der Waals surface area contributed by atoms with Crippen LogP contribution in [0.2, 0.25) is 0 Å². The van der Waals surface area contributed by atoms with Gasteiger partial charge in [0.1, 0.15) is 5.58 Å². The lowest BCUT2D eigenvalue weighted by Crippen LogP contribution is -1.74. The summed E-state index contributed by atoms with van der Waals surface area (Å²) in [5, 5.41) is 1.14. The van der Waals surface area contributed by atoms with Gasteiger partial charge >= 0.3 is 0 Å². The van der Waals surface area contributed by atoms with Crippen LogP contribution in [0.5, 0.6) is 0 Å². The van der Waals surface area contributed by atoms with Crippen molar-refractivity contribution >= 4 is 26.9 Å². The van der Waals surface area contributed by atoms with E-state index in [0.717, 1.165) is 21.0 Å². The van der Waals surface area contributed by atoms with Crippen molar-refractivity contribution < 1.29 is 4.42 Å². The van der Waals surface area contributed by atoms with E-state index in [1.807, 2.05) is 36.6 Å². The Morgan fingerprint density at radius 3 is 2.56 bits per heavy atom. The molecule has 0 fully saturated rings. The van der Waals surface area contributed by atoms with E-state index in [4.69, 9.17) is 4.42 Å². The van der Waals surface area contributed by atoms with Gasteiger partial charge in [0.15, 0.2) is 0 Å². The summed E-state index contributed by atoms with van der Waals surface area (Å²) in [5.41, 5.74) is 3.23. The Balaban J connectivity index is 2.29. The third-order valence-electron chi connectivity index (χ3n) is 2.62. The monoisotopic (exact) mass is 272 g/mol. The molecule has 3 rings (SSSR count). The molecule has 2 heteroatoms. The Morgan fingerprint density at radius 1 is 0.938 bits per heavy atom. The van der Waals surface area contributed by atoms with E-state index in [-0.39, 0.29) is 0 Å². The van der Waals surface area contributed by atoms with Gasteiger partial charge in [-0.2, -0.15) is 0 Å². The maximum atomic E-state index is 5.54. The molecule has 0 N–H and O–H groups in total. The summed E-state index contributed by atoms with van der Waals surface area (Å²) >= 11 is 3.48. The van der Waals surface area contributed by atoms with Crippen LogP contribution in [0.3, 0.4) is 0 Å². The van der Waals surface area contributed by atoms with Crippen LogP contribution in [-0.4, -0.2) is 0 Å². The van der Waals surface area contributed by atoms with Crippen LogP contribution in [0.4, 0.5) is 0 Å². The molecule has 2 aromatic carbocycles. The van der Waals surface area contributed by atoms with E-state index in [0.29, 0.717) is 0 Å². The van der Waals surface area contributed by atoms with E-state index in [1.54, 1.807) is 0 Å². The summed E-state index contributed by atoms with van der Waals surface area (Å²) < 4.78 is 6.61. The summed E-state index contributed by atoms with van der Waals surface area (Å²) in [7, 11) is 0. The smallest absolute Gasteiger partial charge is 0.134 e. The fourth-order valence-electron chi connectivity index (χ4n) is 1.84.